The second-order valence-corrected chi connectivity index (χ2v) is 7.20. The number of carboxylic acid groups (broad SMARTS) is 1. The van der Waals surface area contributed by atoms with Gasteiger partial charge < -0.3 is 15.7 Å². The van der Waals surface area contributed by atoms with Gasteiger partial charge in [0.05, 0.1) is 17.0 Å². The van der Waals surface area contributed by atoms with E-state index < -0.39 is 35.2 Å². The molecule has 158 valence electrons. The third-order valence-electron chi connectivity index (χ3n) is 3.41. The van der Waals surface area contributed by atoms with Gasteiger partial charge in [-0.3, -0.25) is 9.59 Å². The number of benzene rings is 2. The topological polar surface area (TPSA) is 95.5 Å². The molecule has 0 aromatic heterocycles. The lowest BCUT2D eigenvalue weighted by Gasteiger charge is -2.14. The van der Waals surface area contributed by atoms with E-state index in [0.717, 1.165) is 30.0 Å². The van der Waals surface area contributed by atoms with Crippen LogP contribution in [-0.2, 0) is 20.6 Å². The molecule has 2 aromatic rings. The highest BCUT2D eigenvalue weighted by atomic mass is 35.5. The van der Waals surface area contributed by atoms with Crippen LogP contribution < -0.4 is 10.6 Å². The molecule has 11 heteroatoms. The Labute approximate surface area is 178 Å². The van der Waals surface area contributed by atoms with E-state index >= 15 is 0 Å². The summed E-state index contributed by atoms with van der Waals surface area (Å²) in [6.07, 6.45) is -3.15. The van der Waals surface area contributed by atoms with Gasteiger partial charge in [0.1, 0.15) is 0 Å². The van der Waals surface area contributed by atoms with E-state index in [1.165, 1.54) is 12.1 Å². The first kappa shape index (κ1) is 23.3. The molecule has 0 aliphatic heterocycles. The van der Waals surface area contributed by atoms with Gasteiger partial charge in [0.15, 0.2) is 0 Å². The molecule has 0 bridgehead atoms. The van der Waals surface area contributed by atoms with Gasteiger partial charge in [-0.1, -0.05) is 17.7 Å². The summed E-state index contributed by atoms with van der Waals surface area (Å²) in [4.78, 5) is 34.7. The molecule has 0 heterocycles. The van der Waals surface area contributed by atoms with E-state index in [1.54, 1.807) is 18.2 Å². The van der Waals surface area contributed by atoms with Gasteiger partial charge in [0, 0.05) is 27.8 Å². The van der Waals surface area contributed by atoms with Crippen LogP contribution in [0.3, 0.4) is 0 Å². The van der Waals surface area contributed by atoms with E-state index in [2.05, 4.69) is 10.6 Å². The molecule has 0 aliphatic carbocycles. The summed E-state index contributed by atoms with van der Waals surface area (Å²) in [5.74, 6) is -2.77. The average Bonchev–Trinajstić information content (AvgIpc) is 2.66. The highest BCUT2D eigenvalue weighted by Gasteiger charge is 2.34. The molecule has 0 atom stereocenters. The van der Waals surface area contributed by atoms with Crippen molar-refractivity contribution >= 4 is 52.5 Å². The van der Waals surface area contributed by atoms with Crippen molar-refractivity contribution in [2.24, 2.45) is 0 Å². The number of hydrogen-bond donors (Lipinski definition) is 3. The van der Waals surface area contributed by atoms with Crippen LogP contribution >= 0.6 is 23.4 Å². The van der Waals surface area contributed by atoms with Gasteiger partial charge >= 0.3 is 12.1 Å². The van der Waals surface area contributed by atoms with Crippen molar-refractivity contribution in [2.45, 2.75) is 11.1 Å². The zero-order valence-electron chi connectivity index (χ0n) is 15.0. The third kappa shape index (κ3) is 7.45. The number of nitrogens with one attached hydrogen (secondary N) is 2. The van der Waals surface area contributed by atoms with Crippen LogP contribution in [0.2, 0.25) is 5.02 Å². The van der Waals surface area contributed by atoms with Crippen molar-refractivity contribution in [1.82, 2.24) is 0 Å². The predicted molar refractivity (Wildman–Crippen MR) is 108 cm³/mol. The van der Waals surface area contributed by atoms with Crippen LogP contribution in [0.4, 0.5) is 24.5 Å². The monoisotopic (exact) mass is 458 g/mol. The van der Waals surface area contributed by atoms with Crippen LogP contribution in [0.25, 0.3) is 0 Å². The molecular weight excluding hydrogens is 445 g/mol. The number of amides is 2. The summed E-state index contributed by atoms with van der Waals surface area (Å²) in [5, 5.41) is 13.1. The van der Waals surface area contributed by atoms with Crippen LogP contribution in [0.5, 0.6) is 0 Å². The van der Waals surface area contributed by atoms with E-state index in [-0.39, 0.29) is 10.8 Å². The number of anilines is 2. The smallest absolute Gasteiger partial charge is 0.418 e. The largest absolute Gasteiger partial charge is 0.478 e. The molecule has 2 aromatic carbocycles. The minimum atomic E-state index is -4.68. The molecule has 2 amide bonds. The predicted octanol–water partition coefficient (Wildman–Crippen LogP) is 4.67. The SMILES string of the molecule is O=C(O)/C=C/C(=O)Nc1cccc(SCC(=O)Nc2ccc(Cl)cc2C(F)(F)F)c1. The van der Waals surface area contributed by atoms with Crippen LogP contribution in [0.1, 0.15) is 5.56 Å². The van der Waals surface area contributed by atoms with E-state index in [0.29, 0.717) is 16.7 Å². The number of halogens is 4. The zero-order chi connectivity index (χ0) is 22.3. The standard InChI is InChI=1S/C19H14ClF3N2O4S/c20-11-4-5-15(14(8-11)19(21,22)23)25-17(27)10-30-13-3-1-2-12(9-13)24-16(26)6-7-18(28)29/h1-9H,10H2,(H,24,26)(H,25,27)(H,28,29)/b7-6+. The minimum Gasteiger partial charge on any atom is -0.478 e. The number of alkyl halides is 3. The normalized spacial score (nSPS) is 11.3. The number of carbonyl (C=O) groups is 3. The van der Waals surface area contributed by atoms with Crippen LogP contribution in [0.15, 0.2) is 59.5 Å². The second-order valence-electron chi connectivity index (χ2n) is 5.71. The van der Waals surface area contributed by atoms with E-state index in [9.17, 15) is 27.6 Å². The Morgan fingerprint density at radius 1 is 1.07 bits per heavy atom. The lowest BCUT2D eigenvalue weighted by molar-refractivity contribution is -0.137. The van der Waals surface area contributed by atoms with Gasteiger partial charge in [-0.15, -0.1) is 11.8 Å². The van der Waals surface area contributed by atoms with Crippen molar-refractivity contribution in [3.8, 4) is 0 Å². The number of aliphatic carboxylic acids is 1. The van der Waals surface area contributed by atoms with Crippen molar-refractivity contribution < 1.29 is 32.7 Å². The molecule has 0 radical (unpaired) electrons. The first-order valence-electron chi connectivity index (χ1n) is 8.16. The first-order valence-corrected chi connectivity index (χ1v) is 9.52. The van der Waals surface area contributed by atoms with Gasteiger partial charge in [-0.25, -0.2) is 4.79 Å². The number of thioether (sulfide) groups is 1. The fourth-order valence-electron chi connectivity index (χ4n) is 2.19. The second kappa shape index (κ2) is 10.2. The number of hydrogen-bond acceptors (Lipinski definition) is 4. The Balaban J connectivity index is 1.99. The Hall–Kier alpha value is -2.98. The molecule has 3 N–H and O–H groups in total. The molecular formula is C19H14ClF3N2O4S. The van der Waals surface area contributed by atoms with Crippen LogP contribution in [-0.4, -0.2) is 28.6 Å². The Morgan fingerprint density at radius 2 is 1.80 bits per heavy atom. The van der Waals surface area contributed by atoms with Gasteiger partial charge in [0.25, 0.3) is 0 Å². The zero-order valence-corrected chi connectivity index (χ0v) is 16.6. The quantitative estimate of drug-likeness (QED) is 0.414. The van der Waals surface area contributed by atoms with E-state index in [4.69, 9.17) is 16.7 Å². The van der Waals surface area contributed by atoms with Crippen LogP contribution in [0, 0.1) is 0 Å². The Morgan fingerprint density at radius 3 is 2.47 bits per heavy atom. The highest BCUT2D eigenvalue weighted by molar-refractivity contribution is 8.00. The molecule has 6 nitrogen and oxygen atoms in total. The van der Waals surface area contributed by atoms with Crippen molar-refractivity contribution in [1.29, 1.82) is 0 Å². The molecule has 0 fully saturated rings. The maximum Gasteiger partial charge on any atom is 0.418 e. The Bertz CT molecular complexity index is 996. The summed E-state index contributed by atoms with van der Waals surface area (Å²) in [6, 6.07) is 9.38. The fourth-order valence-corrected chi connectivity index (χ4v) is 3.12. The van der Waals surface area contributed by atoms with Crippen molar-refractivity contribution in [2.75, 3.05) is 16.4 Å². The molecule has 0 aliphatic rings. The van der Waals surface area contributed by atoms with Gasteiger partial charge in [-0.05, 0) is 36.4 Å². The maximum absolute atomic E-state index is 13.1. The first-order chi connectivity index (χ1) is 14.0. The summed E-state index contributed by atoms with van der Waals surface area (Å²) in [7, 11) is 0. The molecule has 30 heavy (non-hydrogen) atoms. The molecule has 0 unspecified atom stereocenters. The fraction of sp³-hybridized carbons (Fsp3) is 0.105. The van der Waals surface area contributed by atoms with Crippen molar-refractivity contribution in [3.63, 3.8) is 0 Å². The molecule has 0 saturated heterocycles. The number of carbonyl (C=O) groups excluding carboxylic acids is 2. The lowest BCUT2D eigenvalue weighted by Crippen LogP contribution is -2.18. The Kier molecular flexibility index (Phi) is 7.90. The van der Waals surface area contributed by atoms with Crippen molar-refractivity contribution in [3.05, 3.63) is 65.2 Å². The minimum absolute atomic E-state index is 0.105. The summed E-state index contributed by atoms with van der Waals surface area (Å²) in [6.45, 7) is 0. The summed E-state index contributed by atoms with van der Waals surface area (Å²) in [5.41, 5.74) is -1.09. The van der Waals surface area contributed by atoms with Gasteiger partial charge in [0.2, 0.25) is 11.8 Å². The summed E-state index contributed by atoms with van der Waals surface area (Å²) < 4.78 is 39.3. The highest BCUT2D eigenvalue weighted by Crippen LogP contribution is 2.36. The average molecular weight is 459 g/mol. The third-order valence-corrected chi connectivity index (χ3v) is 4.64. The lowest BCUT2D eigenvalue weighted by atomic mass is 10.1. The van der Waals surface area contributed by atoms with E-state index in [1.807, 2.05) is 0 Å². The van der Waals surface area contributed by atoms with Gasteiger partial charge in [-0.2, -0.15) is 13.2 Å². The summed E-state index contributed by atoms with van der Waals surface area (Å²) >= 11 is 6.65. The number of carboxylic acids is 1. The maximum atomic E-state index is 13.1. The number of rotatable bonds is 7. The molecule has 0 spiro atoms. The molecule has 2 rings (SSSR count). The molecule has 0 saturated carbocycles.